The van der Waals surface area contributed by atoms with E-state index in [9.17, 15) is 4.79 Å². The molecule has 0 radical (unpaired) electrons. The molecular weight excluding hydrogens is 295 g/mol. The van der Waals surface area contributed by atoms with Crippen molar-refractivity contribution in [3.8, 4) is 18.1 Å². The van der Waals surface area contributed by atoms with E-state index in [0.29, 0.717) is 5.75 Å². The van der Waals surface area contributed by atoms with Crippen LogP contribution in [0.15, 0.2) is 18.2 Å². The highest BCUT2D eigenvalue weighted by Crippen LogP contribution is 2.21. The van der Waals surface area contributed by atoms with E-state index >= 15 is 0 Å². The molecule has 4 heteroatoms. The van der Waals surface area contributed by atoms with E-state index in [1.165, 1.54) is 6.07 Å². The molecule has 0 amide bonds. The molecule has 0 aliphatic rings. The standard InChI is InChI=1S/C10H7IO3/c1-2-5-14-9-4-3-7(11)6-8(9)10(12)13/h1,3-4,6H,5H2,(H,12,13). The van der Waals surface area contributed by atoms with Crippen molar-refractivity contribution in [2.24, 2.45) is 0 Å². The Bertz CT molecular complexity index is 393. The van der Waals surface area contributed by atoms with Gasteiger partial charge in [0.05, 0.1) is 0 Å². The molecule has 0 unspecified atom stereocenters. The first-order chi connectivity index (χ1) is 6.65. The summed E-state index contributed by atoms with van der Waals surface area (Å²) >= 11 is 2.03. The number of carbonyl (C=O) groups is 1. The average Bonchev–Trinajstić information content (AvgIpc) is 2.15. The van der Waals surface area contributed by atoms with Crippen molar-refractivity contribution >= 4 is 28.6 Å². The van der Waals surface area contributed by atoms with Crippen LogP contribution >= 0.6 is 22.6 Å². The van der Waals surface area contributed by atoms with Crippen LogP contribution in [0.25, 0.3) is 0 Å². The van der Waals surface area contributed by atoms with Crippen LogP contribution in [0.5, 0.6) is 5.75 Å². The van der Waals surface area contributed by atoms with Crippen molar-refractivity contribution < 1.29 is 14.6 Å². The van der Waals surface area contributed by atoms with Gasteiger partial charge in [0.1, 0.15) is 17.9 Å². The Balaban J connectivity index is 3.03. The van der Waals surface area contributed by atoms with Crippen molar-refractivity contribution in [3.05, 3.63) is 27.3 Å². The quantitative estimate of drug-likeness (QED) is 0.686. The molecule has 1 aromatic carbocycles. The molecule has 14 heavy (non-hydrogen) atoms. The van der Waals surface area contributed by atoms with Gasteiger partial charge in [0.2, 0.25) is 0 Å². The fourth-order valence-corrected chi connectivity index (χ4v) is 1.41. The van der Waals surface area contributed by atoms with Gasteiger partial charge in [-0.15, -0.1) is 6.42 Å². The van der Waals surface area contributed by atoms with Crippen LogP contribution in [0.2, 0.25) is 0 Å². The second-order valence-corrected chi connectivity index (χ2v) is 3.68. The van der Waals surface area contributed by atoms with Crippen LogP contribution in [0, 0.1) is 15.9 Å². The maximum atomic E-state index is 10.8. The minimum Gasteiger partial charge on any atom is -0.480 e. The highest BCUT2D eigenvalue weighted by molar-refractivity contribution is 14.1. The number of halogens is 1. The van der Waals surface area contributed by atoms with Gasteiger partial charge in [-0.05, 0) is 40.8 Å². The minimum atomic E-state index is -1.02. The first-order valence-electron chi connectivity index (χ1n) is 3.74. The van der Waals surface area contributed by atoms with Crippen LogP contribution in [-0.4, -0.2) is 17.7 Å². The van der Waals surface area contributed by atoms with Crippen LogP contribution < -0.4 is 4.74 Å². The summed E-state index contributed by atoms with van der Waals surface area (Å²) in [7, 11) is 0. The third-order valence-corrected chi connectivity index (χ3v) is 2.15. The molecule has 1 rings (SSSR count). The van der Waals surface area contributed by atoms with Crippen LogP contribution in [0.1, 0.15) is 10.4 Å². The second kappa shape index (κ2) is 4.86. The number of ether oxygens (including phenoxy) is 1. The molecule has 0 heterocycles. The normalized spacial score (nSPS) is 9.14. The van der Waals surface area contributed by atoms with Gasteiger partial charge in [-0.3, -0.25) is 0 Å². The third kappa shape index (κ3) is 2.64. The lowest BCUT2D eigenvalue weighted by molar-refractivity contribution is 0.0693. The number of terminal acetylenes is 1. The number of aromatic carboxylic acids is 1. The average molecular weight is 302 g/mol. The summed E-state index contributed by atoms with van der Waals surface area (Å²) in [5.74, 6) is 1.56. The fourth-order valence-electron chi connectivity index (χ4n) is 0.915. The van der Waals surface area contributed by atoms with Gasteiger partial charge in [0.25, 0.3) is 0 Å². The van der Waals surface area contributed by atoms with E-state index in [-0.39, 0.29) is 12.2 Å². The highest BCUT2D eigenvalue weighted by atomic mass is 127. The van der Waals surface area contributed by atoms with Crippen molar-refractivity contribution in [1.82, 2.24) is 0 Å². The molecule has 0 aliphatic heterocycles. The van der Waals surface area contributed by atoms with Gasteiger partial charge < -0.3 is 9.84 Å². The molecule has 0 aromatic heterocycles. The number of hydrogen-bond acceptors (Lipinski definition) is 2. The summed E-state index contributed by atoms with van der Waals surface area (Å²) in [4.78, 5) is 10.8. The van der Waals surface area contributed by atoms with E-state index in [2.05, 4.69) is 5.92 Å². The van der Waals surface area contributed by atoms with E-state index in [0.717, 1.165) is 3.57 Å². The molecule has 1 aromatic rings. The Morgan fingerprint density at radius 2 is 2.36 bits per heavy atom. The monoisotopic (exact) mass is 302 g/mol. The van der Waals surface area contributed by atoms with Gasteiger partial charge in [0.15, 0.2) is 0 Å². The smallest absolute Gasteiger partial charge is 0.339 e. The second-order valence-electron chi connectivity index (χ2n) is 2.44. The summed E-state index contributed by atoms with van der Waals surface area (Å²) in [6.45, 7) is 0.0703. The maximum absolute atomic E-state index is 10.8. The molecule has 0 saturated heterocycles. The molecular formula is C10H7IO3. The maximum Gasteiger partial charge on any atom is 0.339 e. The number of benzene rings is 1. The first-order valence-corrected chi connectivity index (χ1v) is 4.82. The summed E-state index contributed by atoms with van der Waals surface area (Å²) in [6, 6.07) is 4.90. The van der Waals surface area contributed by atoms with Crippen molar-refractivity contribution in [2.45, 2.75) is 0 Å². The SMILES string of the molecule is C#CCOc1ccc(I)cc1C(=O)O. The van der Waals surface area contributed by atoms with Gasteiger partial charge in [0, 0.05) is 3.57 Å². The lowest BCUT2D eigenvalue weighted by atomic mass is 10.2. The molecule has 0 fully saturated rings. The van der Waals surface area contributed by atoms with Crippen molar-refractivity contribution in [3.63, 3.8) is 0 Å². The molecule has 3 nitrogen and oxygen atoms in total. The van der Waals surface area contributed by atoms with E-state index in [1.54, 1.807) is 12.1 Å². The third-order valence-electron chi connectivity index (χ3n) is 1.48. The lowest BCUT2D eigenvalue weighted by Gasteiger charge is -2.06. The predicted octanol–water partition coefficient (Wildman–Crippen LogP) is 2.00. The Morgan fingerprint density at radius 1 is 1.64 bits per heavy atom. The van der Waals surface area contributed by atoms with E-state index < -0.39 is 5.97 Å². The molecule has 0 aliphatic carbocycles. The summed E-state index contributed by atoms with van der Waals surface area (Å²) < 4.78 is 5.92. The summed E-state index contributed by atoms with van der Waals surface area (Å²) in [6.07, 6.45) is 5.01. The van der Waals surface area contributed by atoms with Gasteiger partial charge in [-0.25, -0.2) is 4.79 Å². The molecule has 72 valence electrons. The predicted molar refractivity (Wildman–Crippen MR) is 60.4 cm³/mol. The molecule has 0 atom stereocenters. The molecule has 0 spiro atoms. The van der Waals surface area contributed by atoms with Gasteiger partial charge in [-0.2, -0.15) is 0 Å². The van der Waals surface area contributed by atoms with Gasteiger partial charge in [-0.1, -0.05) is 5.92 Å². The lowest BCUT2D eigenvalue weighted by Crippen LogP contribution is -2.03. The highest BCUT2D eigenvalue weighted by Gasteiger charge is 2.11. The van der Waals surface area contributed by atoms with Crippen LogP contribution in [-0.2, 0) is 0 Å². The number of hydrogen-bond donors (Lipinski definition) is 1. The van der Waals surface area contributed by atoms with Crippen LogP contribution in [0.4, 0.5) is 0 Å². The van der Waals surface area contributed by atoms with E-state index in [1.807, 2.05) is 22.6 Å². The minimum absolute atomic E-state index is 0.0703. The summed E-state index contributed by atoms with van der Waals surface area (Å²) in [5, 5.41) is 8.85. The Kier molecular flexibility index (Phi) is 3.77. The number of carboxylic acid groups (broad SMARTS) is 1. The number of rotatable bonds is 3. The van der Waals surface area contributed by atoms with Gasteiger partial charge >= 0.3 is 5.97 Å². The fraction of sp³-hybridized carbons (Fsp3) is 0.100. The zero-order valence-electron chi connectivity index (χ0n) is 7.16. The molecule has 0 bridgehead atoms. The largest absolute Gasteiger partial charge is 0.480 e. The molecule has 1 N–H and O–H groups in total. The van der Waals surface area contributed by atoms with E-state index in [4.69, 9.17) is 16.3 Å². The summed E-state index contributed by atoms with van der Waals surface area (Å²) in [5.41, 5.74) is 0.132. The first kappa shape index (κ1) is 10.9. The number of carboxylic acids is 1. The zero-order valence-corrected chi connectivity index (χ0v) is 9.32. The van der Waals surface area contributed by atoms with Crippen molar-refractivity contribution in [2.75, 3.05) is 6.61 Å². The molecule has 0 saturated carbocycles. The van der Waals surface area contributed by atoms with Crippen molar-refractivity contribution in [1.29, 1.82) is 0 Å². The Labute approximate surface area is 95.2 Å². The van der Waals surface area contributed by atoms with Crippen LogP contribution in [0.3, 0.4) is 0 Å². The Hall–Kier alpha value is -1.22. The Morgan fingerprint density at radius 3 is 2.93 bits per heavy atom. The zero-order chi connectivity index (χ0) is 10.6. The topological polar surface area (TPSA) is 46.5 Å².